The van der Waals surface area contributed by atoms with Crippen molar-refractivity contribution in [2.75, 3.05) is 12.4 Å². The average Bonchev–Trinajstić information content (AvgIpc) is 2.54. The fourth-order valence-corrected chi connectivity index (χ4v) is 2.50. The Bertz CT molecular complexity index is 679. The number of nitrogens with one attached hydrogen (secondary N) is 2. The van der Waals surface area contributed by atoms with Gasteiger partial charge in [-0.05, 0) is 58.3 Å². The van der Waals surface area contributed by atoms with Gasteiger partial charge in [0.1, 0.15) is 5.75 Å². The first-order valence-electron chi connectivity index (χ1n) is 6.49. The Kier molecular flexibility index (Phi) is 5.99. The van der Waals surface area contributed by atoms with Crippen LogP contribution in [0, 0.1) is 6.92 Å². The van der Waals surface area contributed by atoms with Gasteiger partial charge in [-0.3, -0.25) is 0 Å². The molecule has 2 rings (SSSR count). The van der Waals surface area contributed by atoms with Crippen molar-refractivity contribution in [1.82, 2.24) is 10.3 Å². The van der Waals surface area contributed by atoms with Gasteiger partial charge in [0.25, 0.3) is 0 Å². The minimum atomic E-state index is 0.465. The number of hydrogen-bond donors (Lipinski definition) is 2. The van der Waals surface area contributed by atoms with Crippen LogP contribution in [0.25, 0.3) is 0 Å². The second kappa shape index (κ2) is 7.76. The molecule has 0 amide bonds. The maximum atomic E-state index is 6.24. The highest BCUT2D eigenvalue weighted by Gasteiger charge is 2.09. The number of ether oxygens (including phenoxy) is 1. The predicted octanol–water partition coefficient (Wildman–Crippen LogP) is 4.30. The number of anilines is 1. The lowest BCUT2D eigenvalue weighted by Gasteiger charge is -2.12. The summed E-state index contributed by atoms with van der Waals surface area (Å²) in [6.07, 6.45) is 1.69. The van der Waals surface area contributed by atoms with Crippen LogP contribution in [-0.4, -0.2) is 17.2 Å². The van der Waals surface area contributed by atoms with Gasteiger partial charge in [0.05, 0.1) is 12.1 Å². The van der Waals surface area contributed by atoms with Crippen molar-refractivity contribution >= 4 is 50.7 Å². The molecule has 2 aromatic rings. The molecule has 0 saturated heterocycles. The molecule has 0 aliphatic rings. The second-order valence-electron chi connectivity index (χ2n) is 4.55. The van der Waals surface area contributed by atoms with Crippen LogP contribution in [0.15, 0.2) is 34.9 Å². The van der Waals surface area contributed by atoms with Gasteiger partial charge < -0.3 is 15.4 Å². The SMILES string of the molecule is COc1ccc(CNC(=S)Nc2ncc(Br)c(C)c2Cl)cc1. The van der Waals surface area contributed by atoms with E-state index in [0.717, 1.165) is 21.3 Å². The van der Waals surface area contributed by atoms with Gasteiger partial charge in [-0.25, -0.2) is 4.98 Å². The van der Waals surface area contributed by atoms with E-state index in [2.05, 4.69) is 31.5 Å². The molecule has 22 heavy (non-hydrogen) atoms. The molecule has 116 valence electrons. The van der Waals surface area contributed by atoms with Crippen LogP contribution in [-0.2, 0) is 6.54 Å². The summed E-state index contributed by atoms with van der Waals surface area (Å²) in [6, 6.07) is 7.76. The lowest BCUT2D eigenvalue weighted by Crippen LogP contribution is -2.28. The highest BCUT2D eigenvalue weighted by molar-refractivity contribution is 9.10. The van der Waals surface area contributed by atoms with Crippen LogP contribution in [0.1, 0.15) is 11.1 Å². The Balaban J connectivity index is 1.94. The first kappa shape index (κ1) is 17.0. The molecule has 0 aliphatic carbocycles. The minimum Gasteiger partial charge on any atom is -0.497 e. The topological polar surface area (TPSA) is 46.2 Å². The summed E-state index contributed by atoms with van der Waals surface area (Å²) in [5.74, 6) is 1.36. The molecule has 0 radical (unpaired) electrons. The van der Waals surface area contributed by atoms with Gasteiger partial charge in [0.15, 0.2) is 10.9 Å². The molecule has 0 spiro atoms. The van der Waals surface area contributed by atoms with E-state index in [-0.39, 0.29) is 0 Å². The van der Waals surface area contributed by atoms with Crippen molar-refractivity contribution < 1.29 is 4.74 Å². The molecule has 2 N–H and O–H groups in total. The van der Waals surface area contributed by atoms with Crippen molar-refractivity contribution in [1.29, 1.82) is 0 Å². The van der Waals surface area contributed by atoms with Crippen LogP contribution in [0.3, 0.4) is 0 Å². The Morgan fingerprint density at radius 2 is 2.05 bits per heavy atom. The summed E-state index contributed by atoms with van der Waals surface area (Å²) in [4.78, 5) is 4.22. The quantitative estimate of drug-likeness (QED) is 0.749. The maximum absolute atomic E-state index is 6.24. The number of rotatable bonds is 4. The predicted molar refractivity (Wildman–Crippen MR) is 97.7 cm³/mol. The van der Waals surface area contributed by atoms with Crippen molar-refractivity contribution in [3.8, 4) is 5.75 Å². The summed E-state index contributed by atoms with van der Waals surface area (Å²) in [5.41, 5.74) is 2.01. The highest BCUT2D eigenvalue weighted by Crippen LogP contribution is 2.28. The third-order valence-electron chi connectivity index (χ3n) is 3.05. The molecule has 0 unspecified atom stereocenters. The first-order chi connectivity index (χ1) is 10.5. The van der Waals surface area contributed by atoms with Crippen molar-refractivity contribution in [3.05, 3.63) is 51.1 Å². The standard InChI is InChI=1S/C15H15BrClN3OS/c1-9-12(16)8-18-14(13(9)17)20-15(22)19-7-10-3-5-11(21-2)6-4-10/h3-6,8H,7H2,1-2H3,(H2,18,19,20,22). The molecule has 0 atom stereocenters. The summed E-state index contributed by atoms with van der Waals surface area (Å²) < 4.78 is 5.98. The Hall–Kier alpha value is -1.37. The number of nitrogens with zero attached hydrogens (tertiary/aromatic N) is 1. The zero-order chi connectivity index (χ0) is 16.1. The van der Waals surface area contributed by atoms with E-state index in [1.165, 1.54) is 0 Å². The van der Waals surface area contributed by atoms with Gasteiger partial charge in [-0.1, -0.05) is 23.7 Å². The molecule has 1 aromatic heterocycles. The third kappa shape index (κ3) is 4.32. The van der Waals surface area contributed by atoms with Crippen LogP contribution < -0.4 is 15.4 Å². The minimum absolute atomic E-state index is 0.465. The molecule has 0 aliphatic heterocycles. The number of hydrogen-bond acceptors (Lipinski definition) is 3. The first-order valence-corrected chi connectivity index (χ1v) is 8.07. The molecule has 7 heteroatoms. The van der Waals surface area contributed by atoms with Gasteiger partial charge >= 0.3 is 0 Å². The van der Waals surface area contributed by atoms with E-state index in [1.54, 1.807) is 13.3 Å². The number of thiocarbonyl (C=S) groups is 1. The number of halogens is 2. The van der Waals surface area contributed by atoms with Crippen LogP contribution in [0.2, 0.25) is 5.02 Å². The van der Waals surface area contributed by atoms with Crippen LogP contribution in [0.4, 0.5) is 5.82 Å². The number of aromatic nitrogens is 1. The highest BCUT2D eigenvalue weighted by atomic mass is 79.9. The van der Waals surface area contributed by atoms with E-state index in [1.807, 2.05) is 31.2 Å². The summed E-state index contributed by atoms with van der Waals surface area (Å²) >= 11 is 14.9. The monoisotopic (exact) mass is 399 g/mol. The molecule has 0 fully saturated rings. The smallest absolute Gasteiger partial charge is 0.172 e. The Morgan fingerprint density at radius 3 is 2.68 bits per heavy atom. The van der Waals surface area contributed by atoms with Crippen molar-refractivity contribution in [3.63, 3.8) is 0 Å². The average molecular weight is 401 g/mol. The normalized spacial score (nSPS) is 10.2. The summed E-state index contributed by atoms with van der Waals surface area (Å²) in [5, 5.41) is 7.13. The molecule has 0 bridgehead atoms. The third-order valence-corrected chi connectivity index (χ3v) is 4.55. The van der Waals surface area contributed by atoms with E-state index in [9.17, 15) is 0 Å². The van der Waals surface area contributed by atoms with E-state index in [0.29, 0.717) is 22.5 Å². The Labute approximate surface area is 148 Å². The number of methoxy groups -OCH3 is 1. The molecule has 1 heterocycles. The van der Waals surface area contributed by atoms with Gasteiger partial charge in [0.2, 0.25) is 0 Å². The molecule has 1 aromatic carbocycles. The molecule has 0 saturated carbocycles. The van der Waals surface area contributed by atoms with Gasteiger partial charge in [0, 0.05) is 17.2 Å². The van der Waals surface area contributed by atoms with Gasteiger partial charge in [-0.15, -0.1) is 0 Å². The van der Waals surface area contributed by atoms with Gasteiger partial charge in [-0.2, -0.15) is 0 Å². The van der Waals surface area contributed by atoms with E-state index >= 15 is 0 Å². The fraction of sp³-hybridized carbons (Fsp3) is 0.200. The van der Waals surface area contributed by atoms with E-state index < -0.39 is 0 Å². The van der Waals surface area contributed by atoms with Crippen molar-refractivity contribution in [2.45, 2.75) is 13.5 Å². The summed E-state index contributed by atoms with van der Waals surface area (Å²) in [7, 11) is 1.64. The lowest BCUT2D eigenvalue weighted by atomic mass is 10.2. The van der Waals surface area contributed by atoms with Crippen molar-refractivity contribution in [2.24, 2.45) is 0 Å². The summed E-state index contributed by atoms with van der Waals surface area (Å²) in [6.45, 7) is 2.51. The number of benzene rings is 1. The second-order valence-corrected chi connectivity index (χ2v) is 6.19. The molecule has 4 nitrogen and oxygen atoms in total. The number of pyridine rings is 1. The largest absolute Gasteiger partial charge is 0.497 e. The zero-order valence-corrected chi connectivity index (χ0v) is 15.3. The van der Waals surface area contributed by atoms with Crippen LogP contribution >= 0.6 is 39.7 Å². The van der Waals surface area contributed by atoms with E-state index in [4.69, 9.17) is 28.6 Å². The fourth-order valence-electron chi connectivity index (χ4n) is 1.72. The molecular weight excluding hydrogens is 386 g/mol. The lowest BCUT2D eigenvalue weighted by molar-refractivity contribution is 0.414. The maximum Gasteiger partial charge on any atom is 0.172 e. The zero-order valence-electron chi connectivity index (χ0n) is 12.1. The van der Waals surface area contributed by atoms with Crippen LogP contribution in [0.5, 0.6) is 5.75 Å². The molecular formula is C15H15BrClN3OS. The Morgan fingerprint density at radius 1 is 1.36 bits per heavy atom.